The molecule has 0 unspecified atom stereocenters. The maximum absolute atomic E-state index is 8.52. The summed E-state index contributed by atoms with van der Waals surface area (Å²) in [4.78, 5) is 0. The molecule has 7 radical (unpaired) electrons. The summed E-state index contributed by atoms with van der Waals surface area (Å²) < 4.78 is 0. The summed E-state index contributed by atoms with van der Waals surface area (Å²) in [7, 11) is 0. The zero-order chi connectivity index (χ0) is 6.50. The summed E-state index contributed by atoms with van der Waals surface area (Å²) >= 11 is 4.64. The fourth-order valence-electron chi connectivity index (χ4n) is 0. The Morgan fingerprint density at radius 3 is 1.29 bits per heavy atom. The van der Waals surface area contributed by atoms with Crippen LogP contribution in [0.2, 0.25) is 0 Å². The highest BCUT2D eigenvalue weighted by Gasteiger charge is 2.13. The van der Waals surface area contributed by atoms with Gasteiger partial charge in [0.1, 0.15) is 0 Å². The number of hydrogen-bond donors (Lipinski definition) is 1. The average molecular weight is 178 g/mol. The molecule has 0 bridgehead atoms. The van der Waals surface area contributed by atoms with Gasteiger partial charge in [-0.05, 0) is 20.8 Å². The van der Waals surface area contributed by atoms with Crippen LogP contribution in [-0.2, 0) is 0 Å². The molecule has 0 amide bonds. The third kappa shape index (κ3) is 134. The van der Waals surface area contributed by atoms with Crippen LogP contribution in [0.15, 0.2) is 0 Å². The lowest BCUT2D eigenvalue weighted by atomic mass is 10.2. The molecule has 0 aliphatic heterocycles. The van der Waals surface area contributed by atoms with Gasteiger partial charge in [0.15, 0.2) is 0 Å². The van der Waals surface area contributed by atoms with Crippen LogP contribution in [0.5, 0.6) is 0 Å². The molecule has 0 spiro atoms. The summed E-state index contributed by atoms with van der Waals surface area (Å²) in [5, 5.41) is 8.52. The highest BCUT2D eigenvalue weighted by Crippen LogP contribution is 1.93. The molecule has 1 nitrogen and oxygen atoms in total. The van der Waals surface area contributed by atoms with Gasteiger partial charge in [0.05, 0.1) is 5.60 Å². The predicted octanol–water partition coefficient (Wildman–Crippen LogP) is 1.24. The summed E-state index contributed by atoms with van der Waals surface area (Å²) in [6.07, 6.45) is 0. The van der Waals surface area contributed by atoms with Gasteiger partial charge in [-0.1, -0.05) is 0 Å². The quantitative estimate of drug-likeness (QED) is 0.553. The van der Waals surface area contributed by atoms with Crippen molar-refractivity contribution in [3.8, 4) is 0 Å². The molecule has 0 aromatic carbocycles. The first-order valence-corrected chi connectivity index (χ1v) is 5.89. The summed E-state index contributed by atoms with van der Waals surface area (Å²) in [5.74, 6) is 0. The summed E-state index contributed by atoms with van der Waals surface area (Å²) in [6, 6.07) is 0. The fraction of sp³-hybridized carbons (Fsp3) is 1.00. The van der Waals surface area contributed by atoms with Gasteiger partial charge in [0, 0.05) is 0 Å². The van der Waals surface area contributed by atoms with Crippen molar-refractivity contribution < 1.29 is 5.11 Å². The molecule has 0 saturated heterocycles. The van der Waals surface area contributed by atoms with E-state index in [2.05, 4.69) is 12.9 Å². The van der Waals surface area contributed by atoms with Crippen molar-refractivity contribution in [3.63, 3.8) is 0 Å². The molecule has 3 heteroatoms. The lowest BCUT2D eigenvalue weighted by Crippen LogP contribution is -2.10. The number of halogens is 1. The van der Waals surface area contributed by atoms with Gasteiger partial charge in [-0.15, -0.1) is 0 Å². The zero-order valence-corrected chi connectivity index (χ0v) is 8.03. The lowest BCUT2D eigenvalue weighted by Gasteiger charge is -2.04. The van der Waals surface area contributed by atoms with Crippen molar-refractivity contribution in [3.05, 3.63) is 0 Å². The Morgan fingerprint density at radius 2 is 1.29 bits per heavy atom. The Labute approximate surface area is 63.8 Å². The van der Waals surface area contributed by atoms with E-state index in [4.69, 9.17) is 5.11 Å². The maximum Gasteiger partial charge on any atom is 1.52 e. The molecule has 0 rings (SSSR count). The number of rotatable bonds is 0. The Morgan fingerprint density at radius 1 is 1.29 bits per heavy atom. The molecule has 0 aliphatic rings. The molecule has 7 heavy (non-hydrogen) atoms. The van der Waals surface area contributed by atoms with Crippen LogP contribution in [0.1, 0.15) is 20.8 Å². The van der Waals surface area contributed by atoms with E-state index >= 15 is 0 Å². The molecule has 0 fully saturated rings. The minimum atomic E-state index is -0.500. The van der Waals surface area contributed by atoms with E-state index < -0.39 is 5.60 Å². The van der Waals surface area contributed by atoms with Crippen LogP contribution in [0.4, 0.5) is 0 Å². The first-order chi connectivity index (χ1) is 3.00. The minimum Gasteiger partial charge on any atom is -0.391 e. The molecule has 0 aromatic rings. The van der Waals surface area contributed by atoms with E-state index in [0.29, 0.717) is 0 Å². The molecular formula is C4H10BrMgO+2. The van der Waals surface area contributed by atoms with Crippen molar-refractivity contribution in [2.24, 2.45) is 0 Å². The van der Waals surface area contributed by atoms with Gasteiger partial charge in [0.2, 0.25) is 0 Å². The van der Waals surface area contributed by atoms with E-state index in [9.17, 15) is 0 Å². The van der Waals surface area contributed by atoms with Crippen molar-refractivity contribution in [1.82, 2.24) is 0 Å². The van der Waals surface area contributed by atoms with Gasteiger partial charge < -0.3 is 5.11 Å². The molecule has 0 heterocycles. The van der Waals surface area contributed by atoms with Crippen molar-refractivity contribution >= 4 is 32.4 Å². The molecule has 0 saturated carbocycles. The fourth-order valence-corrected chi connectivity index (χ4v) is 0. The summed E-state index contributed by atoms with van der Waals surface area (Å²) in [5.41, 5.74) is -0.500. The second-order valence-corrected chi connectivity index (χ2v) is 2.17. The molecule has 0 aliphatic carbocycles. The van der Waals surface area contributed by atoms with Gasteiger partial charge in [0.25, 0.3) is 0 Å². The minimum absolute atomic E-state index is 0.500. The molecular weight excluding hydrogens is 168 g/mol. The molecule has 0 aromatic heterocycles. The second-order valence-electron chi connectivity index (χ2n) is 2.17. The topological polar surface area (TPSA) is 20.2 Å². The van der Waals surface area contributed by atoms with Crippen LogP contribution in [0.3, 0.4) is 0 Å². The Balaban J connectivity index is 0. The van der Waals surface area contributed by atoms with E-state index in [1.165, 1.54) is 0 Å². The molecule has 0 atom stereocenters. The Kier molecular flexibility index (Phi) is 8.45. The van der Waals surface area contributed by atoms with Crippen LogP contribution in [0.25, 0.3) is 0 Å². The first-order valence-electron chi connectivity index (χ1n) is 1.99. The van der Waals surface area contributed by atoms with E-state index in [1.54, 1.807) is 40.3 Å². The largest absolute Gasteiger partial charge is 1.52 e. The highest BCUT2D eigenvalue weighted by atomic mass is 79.9. The van der Waals surface area contributed by atoms with Crippen molar-refractivity contribution in [2.75, 3.05) is 0 Å². The predicted molar refractivity (Wildman–Crippen MR) is 36.7 cm³/mol. The lowest BCUT2D eigenvalue weighted by molar-refractivity contribution is 0.102. The van der Waals surface area contributed by atoms with Gasteiger partial charge in [-0.2, -0.15) is 0 Å². The Hall–Kier alpha value is 1.21. The molecule has 39 valence electrons. The average Bonchev–Trinajstić information content (AvgIpc) is 1.36. The van der Waals surface area contributed by atoms with Gasteiger partial charge in [-0.3, -0.25) is 0 Å². The van der Waals surface area contributed by atoms with Crippen LogP contribution in [0, 0.1) is 0 Å². The monoisotopic (exact) mass is 177 g/mol. The first kappa shape index (κ1) is 11.1. The SMILES string of the molecule is CC(C)(C)O.[Mg+2][Br]. The number of hydrogen-bond acceptors (Lipinski definition) is 1. The smallest absolute Gasteiger partial charge is 0.391 e. The Bertz CT molecular complexity index is 27.2. The maximum atomic E-state index is 8.52. The standard InChI is InChI=1S/C4H10O.BrH.Mg/c1-4(2,3)5;;/h5H,1-3H3;1H;/q;;+3/p-1. The third-order valence-corrected chi connectivity index (χ3v) is 0. The third-order valence-electron chi connectivity index (χ3n) is 0. The number of aliphatic hydroxyl groups is 1. The van der Waals surface area contributed by atoms with E-state index in [0.717, 1.165) is 0 Å². The van der Waals surface area contributed by atoms with Crippen LogP contribution < -0.4 is 0 Å². The normalized spacial score (nSPS) is 9.43. The zero-order valence-electron chi connectivity index (χ0n) is 5.03. The summed E-state index contributed by atoms with van der Waals surface area (Å²) in [6.45, 7) is 5.23. The van der Waals surface area contributed by atoms with Gasteiger partial charge >= 0.3 is 32.4 Å². The van der Waals surface area contributed by atoms with E-state index in [1.807, 2.05) is 0 Å². The van der Waals surface area contributed by atoms with Crippen molar-refractivity contribution in [1.29, 1.82) is 0 Å². The second kappa shape index (κ2) is 5.35. The van der Waals surface area contributed by atoms with Crippen molar-refractivity contribution in [2.45, 2.75) is 26.4 Å². The van der Waals surface area contributed by atoms with Gasteiger partial charge in [-0.25, -0.2) is 0 Å². The van der Waals surface area contributed by atoms with Crippen LogP contribution in [-0.4, -0.2) is 30.2 Å². The van der Waals surface area contributed by atoms with E-state index in [-0.39, 0.29) is 0 Å². The highest BCUT2D eigenvalue weighted by molar-refractivity contribution is 9.22. The van der Waals surface area contributed by atoms with Crippen LogP contribution >= 0.6 is 12.9 Å². The molecule has 1 N–H and O–H groups in total.